The van der Waals surface area contributed by atoms with Crippen LogP contribution in [0.3, 0.4) is 0 Å². The average molecular weight is 329 g/mol. The van der Waals surface area contributed by atoms with Gasteiger partial charge >= 0.3 is 6.01 Å². The summed E-state index contributed by atoms with van der Waals surface area (Å²) < 4.78 is 10.5. The zero-order valence-electron chi connectivity index (χ0n) is 12.5. The number of carbonyl (C=O) groups is 1. The van der Waals surface area contributed by atoms with Crippen LogP contribution in [0.1, 0.15) is 12.0 Å². The van der Waals surface area contributed by atoms with Crippen LogP contribution in [0.15, 0.2) is 56.4 Å². The minimum atomic E-state index is -0.167. The van der Waals surface area contributed by atoms with Crippen molar-refractivity contribution in [2.75, 3.05) is 11.1 Å². The van der Waals surface area contributed by atoms with E-state index in [9.17, 15) is 4.79 Å². The van der Waals surface area contributed by atoms with Gasteiger partial charge in [0, 0.05) is 17.1 Å². The minimum absolute atomic E-state index is 0.0711. The van der Waals surface area contributed by atoms with E-state index in [-0.39, 0.29) is 17.8 Å². The highest BCUT2D eigenvalue weighted by Crippen LogP contribution is 2.21. The topological polar surface area (TPSA) is 81.2 Å². The number of hydrogen-bond acceptors (Lipinski definition) is 6. The Bertz CT molecular complexity index is 766. The number of aryl methyl sites for hydroxylation is 1. The molecule has 1 aromatic carbocycles. The van der Waals surface area contributed by atoms with Gasteiger partial charge in [-0.05, 0) is 31.2 Å². The molecule has 0 bridgehead atoms. The molecule has 6 nitrogen and oxygen atoms in total. The van der Waals surface area contributed by atoms with Crippen LogP contribution in [-0.4, -0.2) is 21.9 Å². The molecule has 0 unspecified atom stereocenters. The number of amides is 1. The second-order valence-corrected chi connectivity index (χ2v) is 6.02. The quantitative estimate of drug-likeness (QED) is 0.694. The van der Waals surface area contributed by atoms with Crippen LogP contribution in [0.5, 0.6) is 0 Å². The first-order valence-corrected chi connectivity index (χ1v) is 8.06. The Morgan fingerprint density at radius 1 is 1.22 bits per heavy atom. The number of thioether (sulfide) groups is 1. The molecule has 2 aromatic heterocycles. The number of hydrogen-bond donors (Lipinski definition) is 1. The second kappa shape index (κ2) is 7.15. The van der Waals surface area contributed by atoms with Crippen LogP contribution in [0, 0.1) is 6.92 Å². The summed E-state index contributed by atoms with van der Waals surface area (Å²) in [5, 5.41) is 10.2. The number of furan rings is 1. The Labute approximate surface area is 137 Å². The Hall–Kier alpha value is -2.54. The zero-order valence-corrected chi connectivity index (χ0v) is 13.3. The molecule has 3 rings (SSSR count). The molecule has 0 atom stereocenters. The third kappa shape index (κ3) is 4.23. The van der Waals surface area contributed by atoms with E-state index in [1.54, 1.807) is 23.9 Å². The van der Waals surface area contributed by atoms with Crippen LogP contribution in [-0.2, 0) is 4.79 Å². The molecule has 0 aliphatic carbocycles. The largest absolute Gasteiger partial charge is 0.459 e. The first-order chi connectivity index (χ1) is 11.2. The van der Waals surface area contributed by atoms with Crippen molar-refractivity contribution < 1.29 is 13.6 Å². The van der Waals surface area contributed by atoms with Gasteiger partial charge in [-0.15, -0.1) is 16.9 Å². The SMILES string of the molecule is Cc1ccc(SCCC(=O)Nc2nnc(-c3ccco3)o2)cc1. The predicted octanol–water partition coefficient (Wildman–Crippen LogP) is 3.76. The van der Waals surface area contributed by atoms with Gasteiger partial charge in [0.15, 0.2) is 5.76 Å². The molecule has 1 amide bonds. The van der Waals surface area contributed by atoms with Crippen molar-refractivity contribution in [1.29, 1.82) is 0 Å². The standard InChI is InChI=1S/C16H15N3O3S/c1-11-4-6-12(7-5-11)23-10-8-14(20)17-16-19-18-15(22-16)13-3-2-9-21-13/h2-7,9H,8,10H2,1H3,(H,17,19,20). The van der Waals surface area contributed by atoms with Crippen molar-refractivity contribution in [2.24, 2.45) is 0 Å². The summed E-state index contributed by atoms with van der Waals surface area (Å²) in [5.41, 5.74) is 1.22. The zero-order chi connectivity index (χ0) is 16.1. The molecule has 2 heterocycles. The fraction of sp³-hybridized carbons (Fsp3) is 0.188. The van der Waals surface area contributed by atoms with E-state index >= 15 is 0 Å². The molecule has 23 heavy (non-hydrogen) atoms. The van der Waals surface area contributed by atoms with Gasteiger partial charge in [0.05, 0.1) is 6.26 Å². The summed E-state index contributed by atoms with van der Waals surface area (Å²) >= 11 is 1.63. The van der Waals surface area contributed by atoms with Gasteiger partial charge in [-0.1, -0.05) is 22.8 Å². The number of nitrogens with one attached hydrogen (secondary N) is 1. The lowest BCUT2D eigenvalue weighted by Gasteiger charge is -2.02. The van der Waals surface area contributed by atoms with Crippen molar-refractivity contribution in [2.45, 2.75) is 18.2 Å². The lowest BCUT2D eigenvalue weighted by molar-refractivity contribution is -0.115. The highest BCUT2D eigenvalue weighted by molar-refractivity contribution is 7.99. The average Bonchev–Trinajstić information content (AvgIpc) is 3.20. The molecule has 0 saturated heterocycles. The number of aromatic nitrogens is 2. The van der Waals surface area contributed by atoms with Gasteiger partial charge in [0.2, 0.25) is 5.91 Å². The summed E-state index contributed by atoms with van der Waals surface area (Å²) in [6, 6.07) is 11.7. The van der Waals surface area contributed by atoms with Crippen LogP contribution in [0.4, 0.5) is 6.01 Å². The molecule has 3 aromatic rings. The fourth-order valence-electron chi connectivity index (χ4n) is 1.85. The summed E-state index contributed by atoms with van der Waals surface area (Å²) in [7, 11) is 0. The molecule has 0 saturated carbocycles. The first-order valence-electron chi connectivity index (χ1n) is 7.07. The van der Waals surface area contributed by atoms with Crippen LogP contribution in [0.25, 0.3) is 11.7 Å². The van der Waals surface area contributed by atoms with Gasteiger partial charge in [0.25, 0.3) is 5.89 Å². The van der Waals surface area contributed by atoms with Gasteiger partial charge in [0.1, 0.15) is 0 Å². The molecule has 118 valence electrons. The monoisotopic (exact) mass is 329 g/mol. The maximum Gasteiger partial charge on any atom is 0.322 e. The van der Waals surface area contributed by atoms with E-state index in [2.05, 4.69) is 27.6 Å². The van der Waals surface area contributed by atoms with Crippen LogP contribution in [0.2, 0.25) is 0 Å². The van der Waals surface area contributed by atoms with E-state index in [0.29, 0.717) is 17.9 Å². The molecule has 0 radical (unpaired) electrons. The Kier molecular flexibility index (Phi) is 4.77. The third-order valence-electron chi connectivity index (χ3n) is 3.02. The maximum absolute atomic E-state index is 11.9. The van der Waals surface area contributed by atoms with Crippen molar-refractivity contribution in [1.82, 2.24) is 10.2 Å². The highest BCUT2D eigenvalue weighted by atomic mass is 32.2. The summed E-state index contributed by atoms with van der Waals surface area (Å²) in [5.74, 6) is 1.21. The molecule has 0 aliphatic heterocycles. The molecular weight excluding hydrogens is 314 g/mol. The summed E-state index contributed by atoms with van der Waals surface area (Å²) in [4.78, 5) is 13.0. The molecule has 1 N–H and O–H groups in total. The highest BCUT2D eigenvalue weighted by Gasteiger charge is 2.12. The summed E-state index contributed by atoms with van der Waals surface area (Å²) in [6.45, 7) is 2.04. The van der Waals surface area contributed by atoms with Crippen molar-refractivity contribution >= 4 is 23.7 Å². The predicted molar refractivity (Wildman–Crippen MR) is 87.1 cm³/mol. The smallest absolute Gasteiger partial charge is 0.322 e. The van der Waals surface area contributed by atoms with E-state index in [0.717, 1.165) is 4.90 Å². The van der Waals surface area contributed by atoms with E-state index < -0.39 is 0 Å². The Morgan fingerprint density at radius 2 is 2.04 bits per heavy atom. The number of nitrogens with zero attached hydrogens (tertiary/aromatic N) is 2. The van der Waals surface area contributed by atoms with E-state index in [4.69, 9.17) is 8.83 Å². The second-order valence-electron chi connectivity index (χ2n) is 4.85. The lowest BCUT2D eigenvalue weighted by Crippen LogP contribution is -2.12. The van der Waals surface area contributed by atoms with Gasteiger partial charge in [-0.2, -0.15) is 0 Å². The lowest BCUT2D eigenvalue weighted by atomic mass is 10.2. The normalized spacial score (nSPS) is 10.7. The van der Waals surface area contributed by atoms with Crippen molar-refractivity contribution in [3.05, 3.63) is 48.2 Å². The molecular formula is C16H15N3O3S. The van der Waals surface area contributed by atoms with Gasteiger partial charge < -0.3 is 8.83 Å². The number of anilines is 1. The van der Waals surface area contributed by atoms with Gasteiger partial charge in [-0.3, -0.25) is 10.1 Å². The number of benzene rings is 1. The minimum Gasteiger partial charge on any atom is -0.459 e. The van der Waals surface area contributed by atoms with Gasteiger partial charge in [-0.25, -0.2) is 0 Å². The molecule has 0 spiro atoms. The fourth-order valence-corrected chi connectivity index (χ4v) is 2.70. The molecule has 7 heteroatoms. The van der Waals surface area contributed by atoms with E-state index in [1.807, 2.05) is 19.1 Å². The van der Waals surface area contributed by atoms with Crippen molar-refractivity contribution in [3.63, 3.8) is 0 Å². The van der Waals surface area contributed by atoms with Crippen LogP contribution < -0.4 is 5.32 Å². The van der Waals surface area contributed by atoms with Crippen LogP contribution >= 0.6 is 11.8 Å². The molecule has 0 aliphatic rings. The Balaban J connectivity index is 1.47. The third-order valence-corrected chi connectivity index (χ3v) is 4.04. The number of carbonyl (C=O) groups excluding carboxylic acids is 1. The van der Waals surface area contributed by atoms with Crippen molar-refractivity contribution in [3.8, 4) is 11.7 Å². The summed E-state index contributed by atoms with van der Waals surface area (Å²) in [6.07, 6.45) is 1.87. The Morgan fingerprint density at radius 3 is 2.78 bits per heavy atom. The first kappa shape index (κ1) is 15.4. The maximum atomic E-state index is 11.9. The molecule has 0 fully saturated rings. The van der Waals surface area contributed by atoms with E-state index in [1.165, 1.54) is 11.8 Å². The number of rotatable bonds is 6.